The lowest BCUT2D eigenvalue weighted by Crippen LogP contribution is -2.78. The van der Waals surface area contributed by atoms with E-state index in [1.807, 2.05) is 10.9 Å². The first-order valence-electron chi connectivity index (χ1n) is 7.61. The second-order valence-electron chi connectivity index (χ2n) is 6.71. The lowest BCUT2D eigenvalue weighted by molar-refractivity contribution is -0.274. The van der Waals surface area contributed by atoms with Crippen LogP contribution in [0.5, 0.6) is 5.75 Å². The first-order chi connectivity index (χ1) is 11.7. The molecule has 3 fully saturated rings. The van der Waals surface area contributed by atoms with Crippen molar-refractivity contribution in [2.75, 3.05) is 0 Å². The van der Waals surface area contributed by atoms with E-state index in [1.165, 1.54) is 24.3 Å². The summed E-state index contributed by atoms with van der Waals surface area (Å²) in [4.78, 5) is 10.8. The molecule has 0 saturated heterocycles. The van der Waals surface area contributed by atoms with Crippen LogP contribution in [0.1, 0.15) is 19.3 Å². The number of amides is 1. The number of rotatable bonds is 4. The lowest BCUT2D eigenvalue weighted by Gasteiger charge is -2.69. The molecule has 0 radical (unpaired) electrons. The third-order valence-electron chi connectivity index (χ3n) is 4.86. The lowest BCUT2D eigenvalue weighted by atomic mass is 9.44. The minimum absolute atomic E-state index is 0.153. The molecule has 1 aromatic carbocycles. The molecule has 9 heteroatoms. The van der Waals surface area contributed by atoms with Gasteiger partial charge < -0.3 is 15.2 Å². The topological polar surface area (TPSA) is 76.4 Å². The Bertz CT molecular complexity index is 809. The number of carboxylic acid groups (broad SMARTS) is 1. The summed E-state index contributed by atoms with van der Waals surface area (Å²) in [5.74, 6) is -0.273. The van der Waals surface area contributed by atoms with Gasteiger partial charge in [-0.15, -0.1) is 13.2 Å². The van der Waals surface area contributed by atoms with Gasteiger partial charge in [0.2, 0.25) is 0 Å². The molecule has 0 unspecified atom stereocenters. The summed E-state index contributed by atoms with van der Waals surface area (Å²) in [7, 11) is 0. The Balaban J connectivity index is 1.45. The van der Waals surface area contributed by atoms with Gasteiger partial charge in [-0.25, -0.2) is 4.79 Å². The van der Waals surface area contributed by atoms with Crippen LogP contribution in [0.3, 0.4) is 0 Å². The maximum absolute atomic E-state index is 12.2. The van der Waals surface area contributed by atoms with Crippen LogP contribution in [0.4, 0.5) is 18.0 Å². The number of ether oxygens (including phenoxy) is 1. The van der Waals surface area contributed by atoms with Crippen molar-refractivity contribution in [3.05, 3.63) is 36.7 Å². The van der Waals surface area contributed by atoms with Crippen LogP contribution in [0.2, 0.25) is 0 Å². The van der Waals surface area contributed by atoms with Gasteiger partial charge >= 0.3 is 12.5 Å². The van der Waals surface area contributed by atoms with E-state index in [0.29, 0.717) is 19.3 Å². The smallest absolute Gasteiger partial charge is 0.465 e. The predicted octanol–water partition coefficient (Wildman–Crippen LogP) is 3.35. The molecule has 1 aromatic heterocycles. The number of hydrogen-bond donors (Lipinski definition) is 2. The van der Waals surface area contributed by atoms with Crippen molar-refractivity contribution >= 4 is 6.09 Å². The fourth-order valence-corrected chi connectivity index (χ4v) is 3.92. The van der Waals surface area contributed by atoms with Gasteiger partial charge in [0.25, 0.3) is 0 Å². The Labute approximate surface area is 140 Å². The molecular formula is C16H14F3N3O3. The van der Waals surface area contributed by atoms with Crippen LogP contribution >= 0.6 is 0 Å². The van der Waals surface area contributed by atoms with Crippen molar-refractivity contribution in [3.8, 4) is 16.9 Å². The molecule has 2 aromatic rings. The highest BCUT2D eigenvalue weighted by Gasteiger charge is 2.70. The Morgan fingerprint density at radius 3 is 2.40 bits per heavy atom. The minimum Gasteiger partial charge on any atom is -0.465 e. The zero-order valence-electron chi connectivity index (χ0n) is 12.9. The third-order valence-corrected chi connectivity index (χ3v) is 4.86. The summed E-state index contributed by atoms with van der Waals surface area (Å²) < 4.78 is 42.2. The van der Waals surface area contributed by atoms with E-state index in [0.717, 1.165) is 11.1 Å². The summed E-state index contributed by atoms with van der Waals surface area (Å²) >= 11 is 0. The zero-order valence-corrected chi connectivity index (χ0v) is 12.9. The van der Waals surface area contributed by atoms with Crippen LogP contribution < -0.4 is 10.1 Å². The van der Waals surface area contributed by atoms with Crippen molar-refractivity contribution < 1.29 is 27.8 Å². The number of carbonyl (C=O) groups is 1. The highest BCUT2D eigenvalue weighted by molar-refractivity contribution is 5.67. The van der Waals surface area contributed by atoms with Crippen LogP contribution in [-0.4, -0.2) is 32.9 Å². The highest BCUT2D eigenvalue weighted by atomic mass is 19.4. The van der Waals surface area contributed by atoms with Gasteiger partial charge in [-0.05, 0) is 37.0 Å². The van der Waals surface area contributed by atoms with Crippen molar-refractivity contribution in [3.63, 3.8) is 0 Å². The summed E-state index contributed by atoms with van der Waals surface area (Å²) in [6.45, 7) is 0. The number of nitrogens with one attached hydrogen (secondary N) is 1. The summed E-state index contributed by atoms with van der Waals surface area (Å²) in [5, 5.41) is 15.7. The average molecular weight is 353 g/mol. The second kappa shape index (κ2) is 4.90. The molecule has 5 rings (SSSR count). The van der Waals surface area contributed by atoms with E-state index in [-0.39, 0.29) is 16.8 Å². The van der Waals surface area contributed by atoms with E-state index in [1.54, 1.807) is 6.20 Å². The number of alkyl halides is 3. The predicted molar refractivity (Wildman–Crippen MR) is 80.1 cm³/mol. The molecule has 0 aliphatic heterocycles. The number of benzene rings is 1. The minimum atomic E-state index is -4.71. The Morgan fingerprint density at radius 1 is 1.20 bits per heavy atom. The van der Waals surface area contributed by atoms with Gasteiger partial charge in [0.15, 0.2) is 0 Å². The number of hydrogen-bond acceptors (Lipinski definition) is 3. The molecular weight excluding hydrogens is 339 g/mol. The monoisotopic (exact) mass is 353 g/mol. The van der Waals surface area contributed by atoms with E-state index in [4.69, 9.17) is 5.11 Å². The van der Waals surface area contributed by atoms with E-state index in [9.17, 15) is 18.0 Å². The molecule has 3 saturated carbocycles. The molecule has 1 amide bonds. The third kappa shape index (κ3) is 2.69. The second-order valence-corrected chi connectivity index (χ2v) is 6.71. The normalized spacial score (nSPS) is 27.2. The van der Waals surface area contributed by atoms with Gasteiger partial charge in [-0.3, -0.25) is 4.68 Å². The maximum Gasteiger partial charge on any atom is 0.573 e. The summed E-state index contributed by atoms with van der Waals surface area (Å²) in [6, 6.07) is 5.59. The Hall–Kier alpha value is -2.71. The Morgan fingerprint density at radius 2 is 1.84 bits per heavy atom. The van der Waals surface area contributed by atoms with E-state index in [2.05, 4.69) is 15.2 Å². The van der Waals surface area contributed by atoms with Gasteiger partial charge in [-0.1, -0.05) is 12.1 Å². The van der Waals surface area contributed by atoms with Crippen molar-refractivity contribution in [1.82, 2.24) is 15.1 Å². The summed E-state index contributed by atoms with van der Waals surface area (Å²) in [5.41, 5.74) is 1.03. The molecule has 3 aliphatic carbocycles. The zero-order chi connectivity index (χ0) is 17.9. The molecule has 2 N–H and O–H groups in total. The molecule has 1 heterocycles. The van der Waals surface area contributed by atoms with Crippen molar-refractivity contribution in [2.24, 2.45) is 0 Å². The number of halogens is 3. The van der Waals surface area contributed by atoms with E-state index < -0.39 is 12.5 Å². The van der Waals surface area contributed by atoms with Crippen LogP contribution in [-0.2, 0) is 5.54 Å². The highest BCUT2D eigenvalue weighted by Crippen LogP contribution is 2.65. The molecule has 0 spiro atoms. The number of nitrogens with zero attached hydrogens (tertiary/aromatic N) is 2. The SMILES string of the molecule is O=C(O)NC12CC(n3cc(-c4ccc(OC(F)(F)F)cc4)cn3)(C1)C2. The molecule has 3 aliphatic rings. The maximum atomic E-state index is 12.2. The first-order valence-corrected chi connectivity index (χ1v) is 7.61. The largest absolute Gasteiger partial charge is 0.573 e. The Kier molecular flexibility index (Phi) is 3.10. The van der Waals surface area contributed by atoms with E-state index >= 15 is 0 Å². The van der Waals surface area contributed by atoms with Gasteiger partial charge in [-0.2, -0.15) is 5.10 Å². The fourth-order valence-electron chi connectivity index (χ4n) is 3.92. The van der Waals surface area contributed by atoms with Crippen LogP contribution in [0, 0.1) is 0 Å². The standard InChI is InChI=1S/C16H14F3N3O3/c17-16(18,19)25-12-3-1-10(2-4-12)11-5-20-22(6-11)15-7-14(8-15,9-15)21-13(23)24/h1-6,21H,7-9H2,(H,23,24). The number of aromatic nitrogens is 2. The van der Waals surface area contributed by atoms with Gasteiger partial charge in [0, 0.05) is 11.8 Å². The van der Waals surface area contributed by atoms with Gasteiger partial charge in [0.1, 0.15) is 5.75 Å². The molecule has 25 heavy (non-hydrogen) atoms. The molecule has 132 valence electrons. The fraction of sp³-hybridized carbons (Fsp3) is 0.375. The van der Waals surface area contributed by atoms with Crippen molar-refractivity contribution in [2.45, 2.75) is 36.7 Å². The van der Waals surface area contributed by atoms with Gasteiger partial charge in [0.05, 0.1) is 17.3 Å². The average Bonchev–Trinajstić information content (AvgIpc) is 2.89. The van der Waals surface area contributed by atoms with Crippen LogP contribution in [0.15, 0.2) is 36.7 Å². The van der Waals surface area contributed by atoms with Crippen molar-refractivity contribution in [1.29, 1.82) is 0 Å². The molecule has 6 nitrogen and oxygen atoms in total. The molecule has 0 atom stereocenters. The molecule has 2 bridgehead atoms. The summed E-state index contributed by atoms with van der Waals surface area (Å²) in [6.07, 6.45) is -0.142. The van der Waals surface area contributed by atoms with Crippen LogP contribution in [0.25, 0.3) is 11.1 Å². The quantitative estimate of drug-likeness (QED) is 0.884. The first kappa shape index (κ1) is 15.8.